The molecule has 7 nitrogen and oxygen atoms in total. The number of carboxylic acid groups (broad SMARTS) is 1. The fraction of sp³-hybridized carbons (Fsp3) is 0.471. The molecule has 1 aromatic carbocycles. The number of hydrogen-bond acceptors (Lipinski definition) is 5. The number of nitrogen functional groups attached to an aromatic ring is 1. The van der Waals surface area contributed by atoms with Gasteiger partial charge in [-0.3, -0.25) is 9.59 Å². The van der Waals surface area contributed by atoms with E-state index in [0.717, 1.165) is 5.56 Å². The zero-order chi connectivity index (χ0) is 18.5. The quantitative estimate of drug-likeness (QED) is 0.542. The molecule has 24 heavy (non-hydrogen) atoms. The lowest BCUT2D eigenvalue weighted by Gasteiger charge is -2.23. The molecule has 0 heterocycles. The van der Waals surface area contributed by atoms with E-state index in [0.29, 0.717) is 11.3 Å². The van der Waals surface area contributed by atoms with E-state index in [1.165, 1.54) is 0 Å². The van der Waals surface area contributed by atoms with E-state index in [9.17, 15) is 14.4 Å². The summed E-state index contributed by atoms with van der Waals surface area (Å²) in [7, 11) is 0. The molecule has 0 saturated heterocycles. The van der Waals surface area contributed by atoms with Crippen LogP contribution in [0.25, 0.3) is 0 Å². The number of nitrogens with one attached hydrogen (secondary N) is 1. The van der Waals surface area contributed by atoms with Gasteiger partial charge in [0.05, 0.1) is 6.42 Å². The number of amides is 1. The Labute approximate surface area is 141 Å². The molecule has 132 valence electrons. The molecular formula is C17H24N2O5. The van der Waals surface area contributed by atoms with Gasteiger partial charge in [-0.15, -0.1) is 0 Å². The second kappa shape index (κ2) is 7.81. The van der Waals surface area contributed by atoms with Crippen molar-refractivity contribution < 1.29 is 24.2 Å². The number of hydrogen-bond donors (Lipinski definition) is 3. The van der Waals surface area contributed by atoms with Crippen molar-refractivity contribution in [2.75, 3.05) is 5.73 Å². The maximum Gasteiger partial charge on any atom is 0.407 e. The molecule has 0 aliphatic heterocycles. The SMILES string of the molecule is Cc1ccc(N)cc1C(=O)C[C@@H](CC(=O)O)NC(=O)OC(C)(C)C. The number of rotatable bonds is 6. The van der Waals surface area contributed by atoms with Crippen LogP contribution in [0.5, 0.6) is 0 Å². The van der Waals surface area contributed by atoms with E-state index >= 15 is 0 Å². The minimum absolute atomic E-state index is 0.157. The van der Waals surface area contributed by atoms with Gasteiger partial charge in [0.1, 0.15) is 5.60 Å². The fourth-order valence-electron chi connectivity index (χ4n) is 2.13. The number of ketones is 1. The molecule has 7 heteroatoms. The number of benzene rings is 1. The Hall–Kier alpha value is -2.57. The van der Waals surface area contributed by atoms with Crippen LogP contribution >= 0.6 is 0 Å². The number of carbonyl (C=O) groups excluding carboxylic acids is 2. The molecule has 4 N–H and O–H groups in total. The Kier molecular flexibility index (Phi) is 6.34. The van der Waals surface area contributed by atoms with Crippen molar-refractivity contribution in [3.05, 3.63) is 29.3 Å². The minimum Gasteiger partial charge on any atom is -0.481 e. The molecule has 0 spiro atoms. The van der Waals surface area contributed by atoms with Gasteiger partial charge in [0.25, 0.3) is 0 Å². The number of carbonyl (C=O) groups is 3. The topological polar surface area (TPSA) is 119 Å². The van der Waals surface area contributed by atoms with Gasteiger partial charge in [-0.1, -0.05) is 6.07 Å². The van der Waals surface area contributed by atoms with Crippen molar-refractivity contribution in [1.29, 1.82) is 0 Å². The molecule has 1 rings (SSSR count). The summed E-state index contributed by atoms with van der Waals surface area (Å²) in [6.45, 7) is 6.85. The van der Waals surface area contributed by atoms with Crippen LogP contribution in [0.15, 0.2) is 18.2 Å². The molecule has 0 aliphatic rings. The van der Waals surface area contributed by atoms with E-state index in [2.05, 4.69) is 5.32 Å². The molecule has 1 aromatic rings. The number of alkyl carbamates (subject to hydrolysis) is 1. The summed E-state index contributed by atoms with van der Waals surface area (Å²) in [6, 6.07) is 4.07. The highest BCUT2D eigenvalue weighted by atomic mass is 16.6. The molecular weight excluding hydrogens is 312 g/mol. The van der Waals surface area contributed by atoms with Crippen molar-refractivity contribution in [2.24, 2.45) is 0 Å². The van der Waals surface area contributed by atoms with Crippen LogP contribution in [0, 0.1) is 6.92 Å². The first kappa shape index (κ1) is 19.5. The summed E-state index contributed by atoms with van der Waals surface area (Å²) in [5, 5.41) is 11.4. The summed E-state index contributed by atoms with van der Waals surface area (Å²) in [6.07, 6.45) is -1.30. The van der Waals surface area contributed by atoms with Crippen LogP contribution in [0.4, 0.5) is 10.5 Å². The van der Waals surface area contributed by atoms with E-state index in [4.69, 9.17) is 15.6 Å². The highest BCUT2D eigenvalue weighted by Crippen LogP contribution is 2.17. The molecule has 0 fully saturated rings. The average molecular weight is 336 g/mol. The van der Waals surface area contributed by atoms with Gasteiger partial charge < -0.3 is 20.9 Å². The summed E-state index contributed by atoms with van der Waals surface area (Å²) in [5.74, 6) is -1.41. The Morgan fingerprint density at radius 2 is 1.88 bits per heavy atom. The second-order valence-electron chi connectivity index (χ2n) is 6.64. The van der Waals surface area contributed by atoms with Gasteiger partial charge >= 0.3 is 12.1 Å². The largest absolute Gasteiger partial charge is 0.481 e. The van der Waals surface area contributed by atoms with E-state index < -0.39 is 23.7 Å². The Bertz CT molecular complexity index is 634. The maximum absolute atomic E-state index is 12.4. The molecule has 1 amide bonds. The number of anilines is 1. The van der Waals surface area contributed by atoms with Crippen LogP contribution < -0.4 is 11.1 Å². The molecule has 0 unspecified atom stereocenters. The van der Waals surface area contributed by atoms with Crippen molar-refractivity contribution >= 4 is 23.5 Å². The normalized spacial score (nSPS) is 12.3. The van der Waals surface area contributed by atoms with Crippen LogP contribution in [0.3, 0.4) is 0 Å². The number of carboxylic acids is 1. The van der Waals surface area contributed by atoms with Gasteiger partial charge in [-0.05, 0) is 45.4 Å². The maximum atomic E-state index is 12.4. The predicted molar refractivity (Wildman–Crippen MR) is 89.9 cm³/mol. The number of nitrogens with two attached hydrogens (primary N) is 1. The Balaban J connectivity index is 2.85. The van der Waals surface area contributed by atoms with E-state index in [1.54, 1.807) is 45.9 Å². The first-order valence-electron chi connectivity index (χ1n) is 7.58. The molecule has 0 aromatic heterocycles. The first-order chi connectivity index (χ1) is 11.0. The lowest BCUT2D eigenvalue weighted by Crippen LogP contribution is -2.41. The van der Waals surface area contributed by atoms with Gasteiger partial charge in [-0.2, -0.15) is 0 Å². The van der Waals surface area contributed by atoms with Crippen molar-refractivity contribution in [1.82, 2.24) is 5.32 Å². The standard InChI is InChI=1S/C17H24N2O5/c1-10-5-6-11(18)7-13(10)14(20)8-12(9-15(21)22)19-16(23)24-17(2,3)4/h5-7,12H,8-9,18H2,1-4H3,(H,19,23)(H,21,22)/t12-/m0/s1. The van der Waals surface area contributed by atoms with Crippen LogP contribution in [0.2, 0.25) is 0 Å². The monoisotopic (exact) mass is 336 g/mol. The third-order valence-electron chi connectivity index (χ3n) is 3.14. The molecule has 0 bridgehead atoms. The highest BCUT2D eigenvalue weighted by Gasteiger charge is 2.24. The molecule has 0 radical (unpaired) electrons. The van der Waals surface area contributed by atoms with Crippen molar-refractivity contribution in [3.63, 3.8) is 0 Å². The lowest BCUT2D eigenvalue weighted by molar-refractivity contribution is -0.137. The molecule has 0 aliphatic carbocycles. The van der Waals surface area contributed by atoms with Gasteiger partial charge in [-0.25, -0.2) is 4.79 Å². The second-order valence-corrected chi connectivity index (χ2v) is 6.64. The smallest absolute Gasteiger partial charge is 0.407 e. The zero-order valence-corrected chi connectivity index (χ0v) is 14.4. The lowest BCUT2D eigenvalue weighted by atomic mass is 9.97. The van der Waals surface area contributed by atoms with E-state index in [1.807, 2.05) is 0 Å². The van der Waals surface area contributed by atoms with Crippen LogP contribution in [-0.4, -0.2) is 34.6 Å². The van der Waals surface area contributed by atoms with Crippen LogP contribution in [0.1, 0.15) is 49.5 Å². The Morgan fingerprint density at radius 1 is 1.25 bits per heavy atom. The zero-order valence-electron chi connectivity index (χ0n) is 14.4. The van der Waals surface area contributed by atoms with Crippen molar-refractivity contribution in [2.45, 2.75) is 52.2 Å². The van der Waals surface area contributed by atoms with Gasteiger partial charge in [0.15, 0.2) is 5.78 Å². The summed E-state index contributed by atoms with van der Waals surface area (Å²) >= 11 is 0. The number of Topliss-reactive ketones (excluding diaryl/α,β-unsaturated/α-hetero) is 1. The Morgan fingerprint density at radius 3 is 2.42 bits per heavy atom. The summed E-state index contributed by atoms with van der Waals surface area (Å²) in [4.78, 5) is 35.3. The third-order valence-corrected chi connectivity index (χ3v) is 3.14. The number of aryl methyl sites for hydroxylation is 1. The number of aliphatic carboxylic acids is 1. The first-order valence-corrected chi connectivity index (χ1v) is 7.58. The highest BCUT2D eigenvalue weighted by molar-refractivity contribution is 5.99. The predicted octanol–water partition coefficient (Wildman–Crippen LogP) is 2.52. The summed E-state index contributed by atoms with van der Waals surface area (Å²) < 4.78 is 5.11. The fourth-order valence-corrected chi connectivity index (χ4v) is 2.13. The summed E-state index contributed by atoms with van der Waals surface area (Å²) in [5.41, 5.74) is 6.57. The van der Waals surface area contributed by atoms with Crippen molar-refractivity contribution in [3.8, 4) is 0 Å². The third kappa shape index (κ3) is 6.68. The van der Waals surface area contributed by atoms with E-state index in [-0.39, 0.29) is 18.6 Å². The number of ether oxygens (including phenoxy) is 1. The van der Waals surface area contributed by atoms with Crippen LogP contribution in [-0.2, 0) is 9.53 Å². The van der Waals surface area contributed by atoms with Gasteiger partial charge in [0, 0.05) is 23.7 Å². The molecule has 0 saturated carbocycles. The van der Waals surface area contributed by atoms with Gasteiger partial charge in [0.2, 0.25) is 0 Å². The minimum atomic E-state index is -1.12. The molecule has 1 atom stereocenters. The average Bonchev–Trinajstić information content (AvgIpc) is 2.38.